The zero-order valence-electron chi connectivity index (χ0n) is 13.2. The maximum absolute atomic E-state index is 12.1. The lowest BCUT2D eigenvalue weighted by Gasteiger charge is -2.42. The summed E-state index contributed by atoms with van der Waals surface area (Å²) >= 11 is 0. The maximum Gasteiger partial charge on any atom is 0.410 e. The third-order valence-corrected chi connectivity index (χ3v) is 5.19. The van der Waals surface area contributed by atoms with Crippen LogP contribution in [-0.4, -0.2) is 35.2 Å². The molecule has 0 spiro atoms. The number of aliphatic carboxylic acids is 1. The Bertz CT molecular complexity index is 545. The average molecular weight is 317 g/mol. The molecule has 1 saturated carbocycles. The number of piperidine rings is 1. The van der Waals surface area contributed by atoms with Crippen molar-refractivity contribution in [2.24, 2.45) is 17.8 Å². The van der Waals surface area contributed by atoms with Crippen LogP contribution in [0, 0.1) is 17.8 Å². The summed E-state index contributed by atoms with van der Waals surface area (Å²) in [5.74, 6) is 0.277. The molecule has 23 heavy (non-hydrogen) atoms. The maximum atomic E-state index is 12.1. The van der Waals surface area contributed by atoms with E-state index in [4.69, 9.17) is 9.84 Å². The van der Waals surface area contributed by atoms with Crippen molar-refractivity contribution in [2.75, 3.05) is 13.1 Å². The van der Waals surface area contributed by atoms with E-state index in [0.29, 0.717) is 31.5 Å². The lowest BCUT2D eigenvalue weighted by molar-refractivity contribution is -0.147. The molecular weight excluding hydrogens is 294 g/mol. The summed E-state index contributed by atoms with van der Waals surface area (Å²) in [7, 11) is 0. The summed E-state index contributed by atoms with van der Waals surface area (Å²) in [6, 6.07) is 9.67. The second kappa shape index (κ2) is 7.02. The van der Waals surface area contributed by atoms with Gasteiger partial charge in [0.25, 0.3) is 0 Å². The predicted molar refractivity (Wildman–Crippen MR) is 84.8 cm³/mol. The van der Waals surface area contributed by atoms with E-state index in [1.807, 2.05) is 30.3 Å². The predicted octanol–water partition coefficient (Wildman–Crippen LogP) is 3.15. The van der Waals surface area contributed by atoms with Crippen LogP contribution in [0.25, 0.3) is 0 Å². The first-order chi connectivity index (χ1) is 11.1. The molecule has 2 aliphatic rings. The fourth-order valence-electron chi connectivity index (χ4n) is 3.61. The van der Waals surface area contributed by atoms with E-state index < -0.39 is 5.97 Å². The van der Waals surface area contributed by atoms with Crippen LogP contribution in [0.3, 0.4) is 0 Å². The Morgan fingerprint density at radius 2 is 1.74 bits per heavy atom. The minimum Gasteiger partial charge on any atom is -0.481 e. The van der Waals surface area contributed by atoms with Crippen molar-refractivity contribution in [3.8, 4) is 0 Å². The van der Waals surface area contributed by atoms with E-state index in [1.54, 1.807) is 4.90 Å². The Morgan fingerprint density at radius 1 is 1.09 bits per heavy atom. The van der Waals surface area contributed by atoms with Gasteiger partial charge in [0.2, 0.25) is 0 Å². The minimum absolute atomic E-state index is 0.145. The standard InChI is InChI=1S/C18H23NO4/c20-17(21)16-10-15(11-16)14-6-8-19(9-7-14)18(22)23-12-13-4-2-1-3-5-13/h1-5,14-16H,6-12H2,(H,20,21). The van der Waals surface area contributed by atoms with Gasteiger partial charge in [0.05, 0.1) is 5.92 Å². The molecule has 0 radical (unpaired) electrons. The van der Waals surface area contributed by atoms with Gasteiger partial charge in [0.15, 0.2) is 0 Å². The number of likely N-dealkylation sites (tertiary alicyclic amines) is 1. The monoisotopic (exact) mass is 317 g/mol. The molecule has 1 heterocycles. The molecule has 1 aliphatic carbocycles. The number of hydrogen-bond donors (Lipinski definition) is 1. The minimum atomic E-state index is -0.664. The fraction of sp³-hybridized carbons (Fsp3) is 0.556. The van der Waals surface area contributed by atoms with Crippen molar-refractivity contribution in [1.29, 1.82) is 0 Å². The van der Waals surface area contributed by atoms with Crippen molar-refractivity contribution in [1.82, 2.24) is 4.90 Å². The molecule has 5 heteroatoms. The Balaban J connectivity index is 1.39. The molecule has 5 nitrogen and oxygen atoms in total. The lowest BCUT2D eigenvalue weighted by atomic mass is 9.66. The van der Waals surface area contributed by atoms with E-state index in [1.165, 1.54) is 0 Å². The number of benzene rings is 1. The Labute approximate surface area is 136 Å². The number of nitrogens with zero attached hydrogens (tertiary/aromatic N) is 1. The molecule has 0 unspecified atom stereocenters. The molecule has 1 aromatic carbocycles. The largest absolute Gasteiger partial charge is 0.481 e. The normalized spacial score (nSPS) is 24.8. The van der Waals surface area contributed by atoms with Crippen molar-refractivity contribution in [3.05, 3.63) is 35.9 Å². The van der Waals surface area contributed by atoms with Gasteiger partial charge in [0.1, 0.15) is 6.61 Å². The summed E-state index contributed by atoms with van der Waals surface area (Å²) in [6.45, 7) is 1.74. The number of carbonyl (C=O) groups is 2. The van der Waals surface area contributed by atoms with Crippen molar-refractivity contribution in [2.45, 2.75) is 32.3 Å². The second-order valence-electron chi connectivity index (χ2n) is 6.63. The molecule has 1 N–H and O–H groups in total. The first-order valence-electron chi connectivity index (χ1n) is 8.32. The summed E-state index contributed by atoms with van der Waals surface area (Å²) in [5.41, 5.74) is 0.991. The smallest absolute Gasteiger partial charge is 0.410 e. The highest BCUT2D eigenvalue weighted by Crippen LogP contribution is 2.42. The zero-order valence-corrected chi connectivity index (χ0v) is 13.2. The van der Waals surface area contributed by atoms with Gasteiger partial charge < -0.3 is 14.7 Å². The van der Waals surface area contributed by atoms with Crippen molar-refractivity contribution < 1.29 is 19.4 Å². The third kappa shape index (κ3) is 3.84. The van der Waals surface area contributed by atoms with Gasteiger partial charge in [-0.1, -0.05) is 30.3 Å². The summed E-state index contributed by atoms with van der Waals surface area (Å²) in [4.78, 5) is 24.7. The van der Waals surface area contributed by atoms with E-state index >= 15 is 0 Å². The average Bonchev–Trinajstić information content (AvgIpc) is 2.52. The topological polar surface area (TPSA) is 66.8 Å². The van der Waals surface area contributed by atoms with Crippen molar-refractivity contribution >= 4 is 12.1 Å². The molecule has 124 valence electrons. The highest BCUT2D eigenvalue weighted by Gasteiger charge is 2.40. The molecule has 3 rings (SSSR count). The molecule has 0 atom stereocenters. The first-order valence-corrected chi connectivity index (χ1v) is 8.32. The van der Waals surface area contributed by atoms with Crippen LogP contribution in [0.15, 0.2) is 30.3 Å². The van der Waals surface area contributed by atoms with Crippen LogP contribution >= 0.6 is 0 Å². The molecule has 1 saturated heterocycles. The molecule has 1 aromatic rings. The van der Waals surface area contributed by atoms with E-state index in [-0.39, 0.29) is 12.0 Å². The van der Waals surface area contributed by atoms with E-state index in [2.05, 4.69) is 0 Å². The summed E-state index contributed by atoms with van der Waals surface area (Å²) < 4.78 is 5.36. The number of rotatable bonds is 4. The molecular formula is C18H23NO4. The fourth-order valence-corrected chi connectivity index (χ4v) is 3.61. The number of hydrogen-bond acceptors (Lipinski definition) is 3. The van der Waals surface area contributed by atoms with Crippen molar-refractivity contribution in [3.63, 3.8) is 0 Å². The van der Waals surface area contributed by atoms with E-state index in [0.717, 1.165) is 31.2 Å². The Kier molecular flexibility index (Phi) is 4.84. The number of carbonyl (C=O) groups excluding carboxylic acids is 1. The summed E-state index contributed by atoms with van der Waals surface area (Å²) in [6.07, 6.45) is 3.27. The highest BCUT2D eigenvalue weighted by molar-refractivity contribution is 5.71. The lowest BCUT2D eigenvalue weighted by Crippen LogP contribution is -2.43. The van der Waals surface area contributed by atoms with E-state index in [9.17, 15) is 9.59 Å². The van der Waals surface area contributed by atoms with Gasteiger partial charge in [-0.15, -0.1) is 0 Å². The Morgan fingerprint density at radius 3 is 2.35 bits per heavy atom. The number of carboxylic acid groups (broad SMARTS) is 1. The Hall–Kier alpha value is -2.04. The SMILES string of the molecule is O=C(O)C1CC(C2CCN(C(=O)OCc3ccccc3)CC2)C1. The van der Waals surface area contributed by atoms with Gasteiger partial charge >= 0.3 is 12.1 Å². The quantitative estimate of drug-likeness (QED) is 0.926. The zero-order chi connectivity index (χ0) is 16.2. The molecule has 0 bridgehead atoms. The third-order valence-electron chi connectivity index (χ3n) is 5.19. The number of carboxylic acids is 1. The van der Waals surface area contributed by atoms with Gasteiger partial charge in [0, 0.05) is 13.1 Å². The molecule has 1 amide bonds. The van der Waals surface area contributed by atoms with Gasteiger partial charge in [-0.2, -0.15) is 0 Å². The van der Waals surface area contributed by atoms with Crippen LogP contribution in [0.1, 0.15) is 31.2 Å². The highest BCUT2D eigenvalue weighted by atomic mass is 16.6. The van der Waals surface area contributed by atoms with Crippen LogP contribution in [0.2, 0.25) is 0 Å². The number of ether oxygens (including phenoxy) is 1. The van der Waals surface area contributed by atoms with Crippen LogP contribution in [-0.2, 0) is 16.1 Å². The van der Waals surface area contributed by atoms with Gasteiger partial charge in [-0.3, -0.25) is 4.79 Å². The van der Waals surface area contributed by atoms with Crippen LogP contribution in [0.4, 0.5) is 4.79 Å². The molecule has 2 fully saturated rings. The summed E-state index contributed by atoms with van der Waals surface area (Å²) in [5, 5.41) is 8.95. The molecule has 1 aliphatic heterocycles. The second-order valence-corrected chi connectivity index (χ2v) is 6.63. The van der Waals surface area contributed by atoms with Crippen LogP contribution in [0.5, 0.6) is 0 Å². The van der Waals surface area contributed by atoms with Gasteiger partial charge in [-0.25, -0.2) is 4.79 Å². The first kappa shape index (κ1) is 15.8. The number of amides is 1. The van der Waals surface area contributed by atoms with Crippen LogP contribution < -0.4 is 0 Å². The molecule has 0 aromatic heterocycles. The van der Waals surface area contributed by atoms with Gasteiger partial charge in [-0.05, 0) is 43.1 Å².